The van der Waals surface area contributed by atoms with Gasteiger partial charge in [-0.25, -0.2) is 4.39 Å². The molecule has 0 amide bonds. The summed E-state index contributed by atoms with van der Waals surface area (Å²) in [6.45, 7) is 0.595. The first-order valence-electron chi connectivity index (χ1n) is 6.12. The predicted octanol–water partition coefficient (Wildman–Crippen LogP) is 2.81. The van der Waals surface area contributed by atoms with Gasteiger partial charge >= 0.3 is 0 Å². The molecule has 0 spiro atoms. The molecule has 6 heteroatoms. The van der Waals surface area contributed by atoms with Gasteiger partial charge in [0.05, 0.1) is 11.0 Å². The zero-order valence-electron chi connectivity index (χ0n) is 11.0. The third-order valence-corrected chi connectivity index (χ3v) is 2.95. The Morgan fingerprint density at radius 1 is 1.35 bits per heavy atom. The van der Waals surface area contributed by atoms with Crippen molar-refractivity contribution in [3.05, 3.63) is 64.2 Å². The van der Waals surface area contributed by atoms with Crippen molar-refractivity contribution < 1.29 is 9.31 Å². The van der Waals surface area contributed by atoms with E-state index in [0.29, 0.717) is 18.7 Å². The smallest absolute Gasteiger partial charge is 0.274 e. The summed E-state index contributed by atoms with van der Waals surface area (Å²) >= 11 is 0. The number of pyridine rings is 1. The van der Waals surface area contributed by atoms with Gasteiger partial charge in [0.2, 0.25) is 0 Å². The van der Waals surface area contributed by atoms with Crippen molar-refractivity contribution in [2.45, 2.75) is 6.42 Å². The van der Waals surface area contributed by atoms with Gasteiger partial charge < -0.3 is 4.90 Å². The monoisotopic (exact) mass is 275 g/mol. The molecule has 0 aliphatic rings. The van der Waals surface area contributed by atoms with E-state index in [1.807, 2.05) is 18.2 Å². The number of nitrogens with zero attached hydrogens (tertiary/aromatic N) is 3. The molecule has 0 unspecified atom stereocenters. The molecule has 0 N–H and O–H groups in total. The molecule has 1 aromatic carbocycles. The maximum absolute atomic E-state index is 13.4. The molecule has 0 radical (unpaired) electrons. The van der Waals surface area contributed by atoms with E-state index in [1.165, 1.54) is 12.1 Å². The first-order valence-corrected chi connectivity index (χ1v) is 6.12. The Bertz CT molecular complexity index is 605. The highest BCUT2D eigenvalue weighted by Gasteiger charge is 2.12. The molecule has 0 saturated carbocycles. The predicted molar refractivity (Wildman–Crippen MR) is 74.3 cm³/mol. The molecule has 1 aromatic heterocycles. The second-order valence-corrected chi connectivity index (χ2v) is 4.42. The van der Waals surface area contributed by atoms with E-state index in [2.05, 4.69) is 4.98 Å². The van der Waals surface area contributed by atoms with E-state index in [9.17, 15) is 14.5 Å². The standard InChI is InChI=1S/C14H14FN3O2/c1-17(7-5-12-4-2-3-6-16-12)13-8-11(15)9-14(10-13)18(19)20/h2-4,6,8-10H,5,7H2,1H3. The second-order valence-electron chi connectivity index (χ2n) is 4.42. The quantitative estimate of drug-likeness (QED) is 0.622. The summed E-state index contributed by atoms with van der Waals surface area (Å²) in [5.41, 5.74) is 1.16. The number of non-ortho nitro benzene ring substituents is 1. The Morgan fingerprint density at radius 3 is 2.80 bits per heavy atom. The summed E-state index contributed by atoms with van der Waals surface area (Å²) in [4.78, 5) is 16.1. The Morgan fingerprint density at radius 2 is 2.15 bits per heavy atom. The minimum absolute atomic E-state index is 0.246. The van der Waals surface area contributed by atoms with Gasteiger partial charge in [-0.3, -0.25) is 15.1 Å². The van der Waals surface area contributed by atoms with Crippen LogP contribution in [-0.2, 0) is 6.42 Å². The number of anilines is 1. The van der Waals surface area contributed by atoms with Crippen molar-refractivity contribution in [3.63, 3.8) is 0 Å². The number of likely N-dealkylation sites (N-methyl/N-ethyl adjacent to an activating group) is 1. The van der Waals surface area contributed by atoms with Gasteiger partial charge in [-0.05, 0) is 18.2 Å². The Labute approximate surface area is 115 Å². The first kappa shape index (κ1) is 13.9. The second kappa shape index (κ2) is 6.10. The van der Waals surface area contributed by atoms with Crippen LogP contribution in [0.2, 0.25) is 0 Å². The maximum Gasteiger partial charge on any atom is 0.274 e. The Kier molecular flexibility index (Phi) is 4.24. The van der Waals surface area contributed by atoms with Crippen LogP contribution in [0.25, 0.3) is 0 Å². The minimum atomic E-state index is -0.612. The fourth-order valence-corrected chi connectivity index (χ4v) is 1.84. The van der Waals surface area contributed by atoms with Crippen LogP contribution in [0.5, 0.6) is 0 Å². The third kappa shape index (κ3) is 3.50. The molecule has 0 aliphatic carbocycles. The molecule has 0 saturated heterocycles. The molecule has 0 aliphatic heterocycles. The summed E-state index contributed by atoms with van der Waals surface area (Å²) in [6.07, 6.45) is 2.39. The number of halogens is 1. The van der Waals surface area contributed by atoms with E-state index in [4.69, 9.17) is 0 Å². The van der Waals surface area contributed by atoms with E-state index >= 15 is 0 Å². The van der Waals surface area contributed by atoms with Gasteiger partial charge in [-0.2, -0.15) is 0 Å². The molecular formula is C14H14FN3O2. The van der Waals surface area contributed by atoms with Crippen molar-refractivity contribution in [3.8, 4) is 0 Å². The molecule has 0 fully saturated rings. The lowest BCUT2D eigenvalue weighted by molar-refractivity contribution is -0.385. The summed E-state index contributed by atoms with van der Waals surface area (Å²) in [5.74, 6) is -0.612. The molecule has 104 valence electrons. The van der Waals surface area contributed by atoms with Crippen LogP contribution < -0.4 is 4.90 Å². The van der Waals surface area contributed by atoms with Crippen LogP contribution in [0.3, 0.4) is 0 Å². The van der Waals surface area contributed by atoms with Gasteiger partial charge in [0.15, 0.2) is 0 Å². The lowest BCUT2D eigenvalue weighted by atomic mass is 10.2. The molecule has 20 heavy (non-hydrogen) atoms. The highest BCUT2D eigenvalue weighted by molar-refractivity contribution is 5.53. The van der Waals surface area contributed by atoms with Gasteiger partial charge in [-0.15, -0.1) is 0 Å². The number of hydrogen-bond donors (Lipinski definition) is 0. The van der Waals surface area contributed by atoms with Crippen LogP contribution in [0.1, 0.15) is 5.69 Å². The fourth-order valence-electron chi connectivity index (χ4n) is 1.84. The average molecular weight is 275 g/mol. The van der Waals surface area contributed by atoms with Crippen LogP contribution in [0, 0.1) is 15.9 Å². The average Bonchev–Trinajstić information content (AvgIpc) is 2.45. The number of nitro benzene ring substituents is 1. The summed E-state index contributed by atoms with van der Waals surface area (Å²) in [5, 5.41) is 10.7. The van der Waals surface area contributed by atoms with Crippen molar-refractivity contribution in [2.24, 2.45) is 0 Å². The zero-order valence-corrected chi connectivity index (χ0v) is 11.0. The molecule has 1 heterocycles. The molecule has 5 nitrogen and oxygen atoms in total. The molecular weight excluding hydrogens is 261 g/mol. The van der Waals surface area contributed by atoms with Crippen LogP contribution in [-0.4, -0.2) is 23.5 Å². The largest absolute Gasteiger partial charge is 0.374 e. The van der Waals surface area contributed by atoms with Crippen LogP contribution >= 0.6 is 0 Å². The number of rotatable bonds is 5. The van der Waals surface area contributed by atoms with E-state index in [-0.39, 0.29) is 5.69 Å². The summed E-state index contributed by atoms with van der Waals surface area (Å²) in [7, 11) is 1.77. The van der Waals surface area contributed by atoms with Crippen molar-refractivity contribution in [1.82, 2.24) is 4.98 Å². The maximum atomic E-state index is 13.4. The number of hydrogen-bond acceptors (Lipinski definition) is 4. The zero-order chi connectivity index (χ0) is 14.5. The van der Waals surface area contributed by atoms with Crippen molar-refractivity contribution in [2.75, 3.05) is 18.5 Å². The van der Waals surface area contributed by atoms with Gasteiger partial charge in [0.25, 0.3) is 5.69 Å². The molecule has 2 rings (SSSR count). The number of aromatic nitrogens is 1. The van der Waals surface area contributed by atoms with E-state index in [1.54, 1.807) is 18.1 Å². The third-order valence-electron chi connectivity index (χ3n) is 2.95. The molecule has 0 atom stereocenters. The van der Waals surface area contributed by atoms with Crippen molar-refractivity contribution >= 4 is 11.4 Å². The lowest BCUT2D eigenvalue weighted by Gasteiger charge is -2.18. The normalized spacial score (nSPS) is 10.3. The van der Waals surface area contributed by atoms with E-state index in [0.717, 1.165) is 11.8 Å². The van der Waals surface area contributed by atoms with E-state index < -0.39 is 10.7 Å². The highest BCUT2D eigenvalue weighted by atomic mass is 19.1. The van der Waals surface area contributed by atoms with Gasteiger partial charge in [0.1, 0.15) is 5.82 Å². The summed E-state index contributed by atoms with van der Waals surface area (Å²) in [6, 6.07) is 9.20. The number of benzene rings is 1. The first-order chi connectivity index (χ1) is 9.56. The Balaban J connectivity index is 2.09. The van der Waals surface area contributed by atoms with Gasteiger partial charge in [-0.1, -0.05) is 6.07 Å². The van der Waals surface area contributed by atoms with Gasteiger partial charge in [0, 0.05) is 43.7 Å². The number of nitro groups is 1. The molecule has 2 aromatic rings. The molecule has 0 bridgehead atoms. The SMILES string of the molecule is CN(CCc1ccccn1)c1cc(F)cc([N+](=O)[O-])c1. The lowest BCUT2D eigenvalue weighted by Crippen LogP contribution is -2.20. The minimum Gasteiger partial charge on any atom is -0.374 e. The topological polar surface area (TPSA) is 59.3 Å². The van der Waals surface area contributed by atoms with Crippen LogP contribution in [0.15, 0.2) is 42.6 Å². The fraction of sp³-hybridized carbons (Fsp3) is 0.214. The summed E-state index contributed by atoms with van der Waals surface area (Å²) < 4.78 is 13.4. The Hall–Kier alpha value is -2.50. The highest BCUT2D eigenvalue weighted by Crippen LogP contribution is 2.22. The van der Waals surface area contributed by atoms with Crippen LogP contribution in [0.4, 0.5) is 15.8 Å². The van der Waals surface area contributed by atoms with Crippen molar-refractivity contribution in [1.29, 1.82) is 0 Å².